The van der Waals surface area contributed by atoms with Crippen molar-refractivity contribution in [2.45, 2.75) is 13.0 Å². The molecule has 25 heavy (non-hydrogen) atoms. The Morgan fingerprint density at radius 2 is 1.84 bits per heavy atom. The van der Waals surface area contributed by atoms with Crippen molar-refractivity contribution in [2.24, 2.45) is 0 Å². The van der Waals surface area contributed by atoms with Gasteiger partial charge in [0.2, 0.25) is 0 Å². The van der Waals surface area contributed by atoms with E-state index < -0.39 is 17.7 Å². The highest BCUT2D eigenvalue weighted by molar-refractivity contribution is 7.10. The van der Waals surface area contributed by atoms with E-state index in [-0.39, 0.29) is 11.7 Å². The van der Waals surface area contributed by atoms with E-state index in [1.807, 2.05) is 48.7 Å². The summed E-state index contributed by atoms with van der Waals surface area (Å²) >= 11 is 1.52. The van der Waals surface area contributed by atoms with Crippen LogP contribution in [0.1, 0.15) is 22.0 Å². The zero-order chi connectivity index (χ0) is 17.8. The molecule has 1 heterocycles. The van der Waals surface area contributed by atoms with Crippen LogP contribution in [0.15, 0.2) is 60.0 Å². The second-order valence-corrected chi connectivity index (χ2v) is 6.56. The van der Waals surface area contributed by atoms with Gasteiger partial charge in [0.15, 0.2) is 0 Å². The smallest absolute Gasteiger partial charge is 0.320 e. The molecule has 0 saturated heterocycles. The second-order valence-electron chi connectivity index (χ2n) is 5.58. The minimum atomic E-state index is -0.821. The Hall–Kier alpha value is -2.73. The zero-order valence-electron chi connectivity index (χ0n) is 13.4. The summed E-state index contributed by atoms with van der Waals surface area (Å²) in [5.41, 5.74) is 1.96. The number of carbonyl (C=O) groups excluding carboxylic acids is 1. The maximum absolute atomic E-state index is 13.7. The molecule has 2 aromatic carbocycles. The third-order valence-electron chi connectivity index (χ3n) is 3.69. The first-order valence-electron chi connectivity index (χ1n) is 7.65. The Labute approximate surface area is 148 Å². The molecule has 1 atom stereocenters. The monoisotopic (exact) mass is 358 g/mol. The Morgan fingerprint density at radius 3 is 2.48 bits per heavy atom. The molecule has 0 radical (unpaired) electrons. The SMILES string of the molecule is Cc1ccc(C(NC(=O)Nc2ccc(F)cc2F)c2cccs2)cc1. The molecule has 0 aliphatic carbocycles. The van der Waals surface area contributed by atoms with Gasteiger partial charge in [-0.15, -0.1) is 11.3 Å². The number of rotatable bonds is 4. The van der Waals surface area contributed by atoms with Gasteiger partial charge in [0.05, 0.1) is 11.7 Å². The van der Waals surface area contributed by atoms with Crippen LogP contribution in [-0.2, 0) is 0 Å². The van der Waals surface area contributed by atoms with Crippen LogP contribution in [0, 0.1) is 18.6 Å². The van der Waals surface area contributed by atoms with E-state index in [2.05, 4.69) is 10.6 Å². The van der Waals surface area contributed by atoms with Gasteiger partial charge < -0.3 is 10.6 Å². The second kappa shape index (κ2) is 7.44. The van der Waals surface area contributed by atoms with E-state index in [1.54, 1.807) is 0 Å². The molecule has 1 unspecified atom stereocenters. The molecule has 2 N–H and O–H groups in total. The summed E-state index contributed by atoms with van der Waals surface area (Å²) in [6.07, 6.45) is 0. The summed E-state index contributed by atoms with van der Waals surface area (Å²) in [5, 5.41) is 7.20. The maximum Gasteiger partial charge on any atom is 0.320 e. The molecule has 0 aliphatic heterocycles. The number of carbonyl (C=O) groups is 1. The van der Waals surface area contributed by atoms with Gasteiger partial charge in [-0.25, -0.2) is 13.6 Å². The van der Waals surface area contributed by atoms with Gasteiger partial charge in [0.1, 0.15) is 11.6 Å². The van der Waals surface area contributed by atoms with Gasteiger partial charge in [-0.1, -0.05) is 35.9 Å². The van der Waals surface area contributed by atoms with Crippen LogP contribution in [0.4, 0.5) is 19.3 Å². The highest BCUT2D eigenvalue weighted by Crippen LogP contribution is 2.26. The van der Waals surface area contributed by atoms with Crippen molar-refractivity contribution in [1.29, 1.82) is 0 Å². The maximum atomic E-state index is 13.7. The zero-order valence-corrected chi connectivity index (χ0v) is 14.2. The Morgan fingerprint density at radius 1 is 1.08 bits per heavy atom. The van der Waals surface area contributed by atoms with Gasteiger partial charge >= 0.3 is 6.03 Å². The third-order valence-corrected chi connectivity index (χ3v) is 4.63. The standard InChI is InChI=1S/C19H16F2N2OS/c1-12-4-6-13(7-5-12)18(17-3-2-10-25-17)23-19(24)22-16-9-8-14(20)11-15(16)21/h2-11,18H,1H3,(H2,22,23,24). The number of hydrogen-bond donors (Lipinski definition) is 2. The van der Waals surface area contributed by atoms with Crippen LogP contribution < -0.4 is 10.6 Å². The van der Waals surface area contributed by atoms with Crippen molar-refractivity contribution in [1.82, 2.24) is 5.32 Å². The van der Waals surface area contributed by atoms with Gasteiger partial charge in [0, 0.05) is 10.9 Å². The van der Waals surface area contributed by atoms with Crippen molar-refractivity contribution in [3.63, 3.8) is 0 Å². The summed E-state index contributed by atoms with van der Waals surface area (Å²) in [6, 6.07) is 13.7. The van der Waals surface area contributed by atoms with E-state index in [0.717, 1.165) is 28.1 Å². The van der Waals surface area contributed by atoms with Gasteiger partial charge in [-0.05, 0) is 36.1 Å². The number of urea groups is 1. The van der Waals surface area contributed by atoms with Crippen LogP contribution in [0.2, 0.25) is 0 Å². The van der Waals surface area contributed by atoms with E-state index in [1.165, 1.54) is 17.4 Å². The number of nitrogens with one attached hydrogen (secondary N) is 2. The van der Waals surface area contributed by atoms with E-state index in [4.69, 9.17) is 0 Å². The molecule has 3 rings (SSSR count). The molecule has 0 spiro atoms. The van der Waals surface area contributed by atoms with Crippen molar-refractivity contribution in [3.05, 3.63) is 87.6 Å². The molecular formula is C19H16F2N2OS. The topological polar surface area (TPSA) is 41.1 Å². The minimum absolute atomic E-state index is 0.0762. The quantitative estimate of drug-likeness (QED) is 0.657. The summed E-state index contributed by atoms with van der Waals surface area (Å²) in [4.78, 5) is 13.3. The summed E-state index contributed by atoms with van der Waals surface area (Å²) in [5.74, 6) is -1.52. The van der Waals surface area contributed by atoms with Crippen LogP contribution >= 0.6 is 11.3 Å². The number of thiophene rings is 1. The largest absolute Gasteiger partial charge is 0.326 e. The summed E-state index contributed by atoms with van der Waals surface area (Å²) < 4.78 is 26.7. The normalized spacial score (nSPS) is 11.8. The lowest BCUT2D eigenvalue weighted by molar-refractivity contribution is 0.250. The third kappa shape index (κ3) is 4.22. The predicted octanol–water partition coefficient (Wildman–Crippen LogP) is 5.25. The van der Waals surface area contributed by atoms with E-state index in [9.17, 15) is 13.6 Å². The van der Waals surface area contributed by atoms with Crippen molar-refractivity contribution >= 4 is 23.1 Å². The minimum Gasteiger partial charge on any atom is -0.326 e. The number of benzene rings is 2. The molecule has 6 heteroatoms. The number of aryl methyl sites for hydroxylation is 1. The first kappa shape index (κ1) is 17.1. The highest BCUT2D eigenvalue weighted by Gasteiger charge is 2.18. The molecular weight excluding hydrogens is 342 g/mol. The number of hydrogen-bond acceptors (Lipinski definition) is 2. The van der Waals surface area contributed by atoms with Crippen LogP contribution in [0.25, 0.3) is 0 Å². The molecule has 3 nitrogen and oxygen atoms in total. The number of amides is 2. The lowest BCUT2D eigenvalue weighted by atomic mass is 10.0. The first-order valence-corrected chi connectivity index (χ1v) is 8.53. The molecule has 0 fully saturated rings. The molecule has 0 bridgehead atoms. The fraction of sp³-hybridized carbons (Fsp3) is 0.105. The molecule has 2 amide bonds. The van der Waals surface area contributed by atoms with Crippen LogP contribution in [-0.4, -0.2) is 6.03 Å². The van der Waals surface area contributed by atoms with Gasteiger partial charge in [-0.2, -0.15) is 0 Å². The van der Waals surface area contributed by atoms with Gasteiger partial charge in [-0.3, -0.25) is 0 Å². The average Bonchev–Trinajstić information content (AvgIpc) is 3.10. The predicted molar refractivity (Wildman–Crippen MR) is 95.9 cm³/mol. The lowest BCUT2D eigenvalue weighted by Gasteiger charge is -2.19. The number of halogens is 2. The molecule has 3 aromatic rings. The van der Waals surface area contributed by atoms with Crippen LogP contribution in [0.5, 0.6) is 0 Å². The molecule has 128 valence electrons. The Bertz CT molecular complexity index is 864. The van der Waals surface area contributed by atoms with Crippen molar-refractivity contribution < 1.29 is 13.6 Å². The van der Waals surface area contributed by atoms with Crippen molar-refractivity contribution in [2.75, 3.05) is 5.32 Å². The van der Waals surface area contributed by atoms with Crippen molar-refractivity contribution in [3.8, 4) is 0 Å². The molecule has 0 saturated carbocycles. The fourth-order valence-corrected chi connectivity index (χ4v) is 3.22. The first-order chi connectivity index (χ1) is 12.0. The molecule has 0 aliphatic rings. The summed E-state index contributed by atoms with van der Waals surface area (Å²) in [7, 11) is 0. The number of anilines is 1. The molecule has 1 aromatic heterocycles. The van der Waals surface area contributed by atoms with Gasteiger partial charge in [0.25, 0.3) is 0 Å². The lowest BCUT2D eigenvalue weighted by Crippen LogP contribution is -2.33. The van der Waals surface area contributed by atoms with E-state index in [0.29, 0.717) is 0 Å². The fourth-order valence-electron chi connectivity index (χ4n) is 2.41. The highest BCUT2D eigenvalue weighted by atomic mass is 32.1. The Kier molecular flexibility index (Phi) is 5.09. The van der Waals surface area contributed by atoms with E-state index >= 15 is 0 Å². The average molecular weight is 358 g/mol. The summed E-state index contributed by atoms with van der Waals surface area (Å²) in [6.45, 7) is 1.99. The van der Waals surface area contributed by atoms with Crippen LogP contribution in [0.3, 0.4) is 0 Å². The Balaban J connectivity index is 1.80.